The van der Waals surface area contributed by atoms with E-state index in [2.05, 4.69) is 5.32 Å². The number of carbonyl (C=O) groups is 2. The summed E-state index contributed by atoms with van der Waals surface area (Å²) in [7, 11) is 1.42. The van der Waals surface area contributed by atoms with Gasteiger partial charge >= 0.3 is 0 Å². The van der Waals surface area contributed by atoms with E-state index in [0.717, 1.165) is 5.56 Å². The summed E-state index contributed by atoms with van der Waals surface area (Å²) >= 11 is 6.07. The Balaban J connectivity index is 2.85. The van der Waals surface area contributed by atoms with Crippen LogP contribution in [0.3, 0.4) is 0 Å². The molecular formula is C12H15ClN2O3. The average Bonchev–Trinajstić information content (AvgIpc) is 2.26. The fourth-order valence-electron chi connectivity index (χ4n) is 1.42. The number of amides is 2. The van der Waals surface area contributed by atoms with Crippen molar-refractivity contribution in [3.8, 4) is 0 Å². The van der Waals surface area contributed by atoms with Crippen molar-refractivity contribution in [3.63, 3.8) is 0 Å². The third-order valence-electron chi connectivity index (χ3n) is 2.26. The largest absolute Gasteiger partial charge is 0.326 e. The van der Waals surface area contributed by atoms with Gasteiger partial charge in [0.15, 0.2) is 0 Å². The number of benzene rings is 1. The van der Waals surface area contributed by atoms with Crippen molar-refractivity contribution < 1.29 is 14.4 Å². The van der Waals surface area contributed by atoms with Gasteiger partial charge in [0.25, 0.3) is 0 Å². The number of nitrogens with zero attached hydrogens (tertiary/aromatic N) is 1. The highest BCUT2D eigenvalue weighted by Crippen LogP contribution is 2.22. The average molecular weight is 271 g/mol. The molecule has 98 valence electrons. The predicted octanol–water partition coefficient (Wildman–Crippen LogP) is 2.21. The number of hydroxylamine groups is 2. The summed E-state index contributed by atoms with van der Waals surface area (Å²) in [6.07, 6.45) is 0. The Hall–Kier alpha value is -1.59. The molecule has 2 amide bonds. The lowest BCUT2D eigenvalue weighted by Crippen LogP contribution is -2.27. The van der Waals surface area contributed by atoms with Gasteiger partial charge in [0, 0.05) is 24.6 Å². The number of carbonyl (C=O) groups excluding carboxylic acids is 2. The fourth-order valence-corrected chi connectivity index (χ4v) is 1.66. The second-order valence-electron chi connectivity index (χ2n) is 3.73. The molecule has 0 heterocycles. The smallest absolute Gasteiger partial charge is 0.243 e. The number of halogens is 1. The number of nitrogens with one attached hydrogen (secondary N) is 1. The van der Waals surface area contributed by atoms with Crippen LogP contribution < -0.4 is 5.32 Å². The van der Waals surface area contributed by atoms with Gasteiger partial charge in [-0.2, -0.15) is 0 Å². The van der Waals surface area contributed by atoms with Crippen LogP contribution in [0.1, 0.15) is 19.4 Å². The van der Waals surface area contributed by atoms with Crippen molar-refractivity contribution >= 4 is 29.1 Å². The zero-order valence-electron chi connectivity index (χ0n) is 10.5. The van der Waals surface area contributed by atoms with E-state index in [9.17, 15) is 9.59 Å². The molecule has 0 fully saturated rings. The summed E-state index contributed by atoms with van der Waals surface area (Å²) < 4.78 is 0. The van der Waals surface area contributed by atoms with Gasteiger partial charge in [-0.25, -0.2) is 5.06 Å². The molecule has 1 aromatic rings. The molecule has 1 rings (SSSR count). The van der Waals surface area contributed by atoms with Gasteiger partial charge in [0.1, 0.15) is 0 Å². The molecule has 6 heteroatoms. The van der Waals surface area contributed by atoms with Crippen LogP contribution in [-0.2, 0) is 21.0 Å². The molecule has 0 aromatic heterocycles. The molecule has 0 atom stereocenters. The van der Waals surface area contributed by atoms with E-state index in [-0.39, 0.29) is 18.4 Å². The third kappa shape index (κ3) is 4.01. The molecule has 18 heavy (non-hydrogen) atoms. The van der Waals surface area contributed by atoms with E-state index in [0.29, 0.717) is 10.7 Å². The summed E-state index contributed by atoms with van der Waals surface area (Å²) in [5.41, 5.74) is 1.35. The van der Waals surface area contributed by atoms with Gasteiger partial charge in [0.2, 0.25) is 11.8 Å². The normalized spacial score (nSPS) is 10.0. The monoisotopic (exact) mass is 270 g/mol. The molecular weight excluding hydrogens is 256 g/mol. The Morgan fingerprint density at radius 2 is 2.06 bits per heavy atom. The molecule has 0 spiro atoms. The number of hydrogen-bond acceptors (Lipinski definition) is 3. The standard InChI is InChI=1S/C12H15ClN2O3/c1-8(16)14-11-5-4-10(12(13)6-11)7-15(18-3)9(2)17/h4-6H,7H2,1-3H3,(H,14,16). The van der Waals surface area contributed by atoms with Crippen LogP contribution >= 0.6 is 11.6 Å². The molecule has 0 saturated heterocycles. The first kappa shape index (κ1) is 14.5. The number of hydrogen-bond donors (Lipinski definition) is 1. The predicted molar refractivity (Wildman–Crippen MR) is 69.0 cm³/mol. The first-order chi connectivity index (χ1) is 8.43. The molecule has 0 bridgehead atoms. The molecule has 1 N–H and O–H groups in total. The highest BCUT2D eigenvalue weighted by atomic mass is 35.5. The Bertz CT molecular complexity index is 463. The summed E-state index contributed by atoms with van der Waals surface area (Å²) in [5, 5.41) is 4.28. The van der Waals surface area contributed by atoms with E-state index in [1.807, 2.05) is 0 Å². The van der Waals surface area contributed by atoms with Gasteiger partial charge in [-0.05, 0) is 17.7 Å². The Morgan fingerprint density at radius 3 is 2.50 bits per heavy atom. The van der Waals surface area contributed by atoms with E-state index in [4.69, 9.17) is 16.4 Å². The number of rotatable bonds is 4. The van der Waals surface area contributed by atoms with Crippen molar-refractivity contribution in [1.29, 1.82) is 0 Å². The van der Waals surface area contributed by atoms with Crippen molar-refractivity contribution in [1.82, 2.24) is 5.06 Å². The fraction of sp³-hybridized carbons (Fsp3) is 0.333. The maximum Gasteiger partial charge on any atom is 0.243 e. The summed E-state index contributed by atoms with van der Waals surface area (Å²) in [4.78, 5) is 27.0. The Kier molecular flexibility index (Phi) is 5.12. The molecule has 0 aliphatic heterocycles. The lowest BCUT2D eigenvalue weighted by Gasteiger charge is -2.18. The number of anilines is 1. The van der Waals surface area contributed by atoms with Crippen LogP contribution in [0.15, 0.2) is 18.2 Å². The van der Waals surface area contributed by atoms with Crippen LogP contribution in [0.25, 0.3) is 0 Å². The topological polar surface area (TPSA) is 58.6 Å². The SMILES string of the molecule is CON(Cc1ccc(NC(C)=O)cc1Cl)C(C)=O. The highest BCUT2D eigenvalue weighted by molar-refractivity contribution is 6.31. The molecule has 0 radical (unpaired) electrons. The maximum absolute atomic E-state index is 11.2. The van der Waals surface area contributed by atoms with E-state index in [1.165, 1.54) is 26.0 Å². The van der Waals surface area contributed by atoms with E-state index >= 15 is 0 Å². The van der Waals surface area contributed by atoms with Crippen LogP contribution in [0.2, 0.25) is 5.02 Å². The van der Waals surface area contributed by atoms with Crippen LogP contribution in [0.4, 0.5) is 5.69 Å². The minimum Gasteiger partial charge on any atom is -0.326 e. The molecule has 5 nitrogen and oxygen atoms in total. The summed E-state index contributed by atoms with van der Waals surface area (Å²) in [6.45, 7) is 3.08. The molecule has 1 aromatic carbocycles. The van der Waals surface area contributed by atoms with Crippen LogP contribution in [0.5, 0.6) is 0 Å². The van der Waals surface area contributed by atoms with Crippen molar-refractivity contribution in [2.75, 3.05) is 12.4 Å². The molecule has 0 aliphatic rings. The minimum atomic E-state index is -0.209. The van der Waals surface area contributed by atoms with Crippen LogP contribution in [0, 0.1) is 0 Å². The van der Waals surface area contributed by atoms with Gasteiger partial charge in [0.05, 0.1) is 13.7 Å². The van der Waals surface area contributed by atoms with Gasteiger partial charge in [-0.15, -0.1) is 0 Å². The molecule has 0 unspecified atom stereocenters. The second-order valence-corrected chi connectivity index (χ2v) is 4.13. The first-order valence-electron chi connectivity index (χ1n) is 5.32. The lowest BCUT2D eigenvalue weighted by atomic mass is 10.2. The lowest BCUT2D eigenvalue weighted by molar-refractivity contribution is -0.176. The summed E-state index contributed by atoms with van der Waals surface area (Å²) in [6, 6.07) is 5.09. The van der Waals surface area contributed by atoms with Gasteiger partial charge in [-0.3, -0.25) is 14.4 Å². The molecule has 0 saturated carbocycles. The van der Waals surface area contributed by atoms with Gasteiger partial charge < -0.3 is 5.32 Å². The van der Waals surface area contributed by atoms with Gasteiger partial charge in [-0.1, -0.05) is 17.7 Å². The van der Waals surface area contributed by atoms with E-state index < -0.39 is 0 Å². The van der Waals surface area contributed by atoms with Crippen LogP contribution in [-0.4, -0.2) is 24.0 Å². The zero-order valence-corrected chi connectivity index (χ0v) is 11.2. The third-order valence-corrected chi connectivity index (χ3v) is 2.61. The highest BCUT2D eigenvalue weighted by Gasteiger charge is 2.11. The van der Waals surface area contributed by atoms with Crippen molar-refractivity contribution in [2.45, 2.75) is 20.4 Å². The maximum atomic E-state index is 11.2. The summed E-state index contributed by atoms with van der Waals surface area (Å²) in [5.74, 6) is -0.374. The Labute approximate surface area is 111 Å². The quantitative estimate of drug-likeness (QED) is 0.854. The van der Waals surface area contributed by atoms with Crippen molar-refractivity contribution in [2.24, 2.45) is 0 Å². The minimum absolute atomic E-state index is 0.166. The van der Waals surface area contributed by atoms with Crippen molar-refractivity contribution in [3.05, 3.63) is 28.8 Å². The van der Waals surface area contributed by atoms with E-state index in [1.54, 1.807) is 18.2 Å². The zero-order chi connectivity index (χ0) is 13.7. The molecule has 0 aliphatic carbocycles. The first-order valence-corrected chi connectivity index (χ1v) is 5.70. The Morgan fingerprint density at radius 1 is 1.39 bits per heavy atom. The second kappa shape index (κ2) is 6.37.